The van der Waals surface area contributed by atoms with Crippen molar-refractivity contribution in [1.82, 2.24) is 0 Å². The van der Waals surface area contributed by atoms with E-state index in [-0.39, 0.29) is 0 Å². The molecule has 116 valence electrons. The number of halogens is 2. The van der Waals surface area contributed by atoms with Crippen LogP contribution >= 0.6 is 11.3 Å². The van der Waals surface area contributed by atoms with Gasteiger partial charge < -0.3 is 10.1 Å². The van der Waals surface area contributed by atoms with Gasteiger partial charge in [0.1, 0.15) is 17.3 Å². The number of aryl methyl sites for hydroxylation is 2. The van der Waals surface area contributed by atoms with Gasteiger partial charge in [-0.25, -0.2) is 13.6 Å². The number of esters is 1. The van der Waals surface area contributed by atoms with Crippen molar-refractivity contribution in [3.8, 4) is 0 Å². The molecule has 0 aliphatic heterocycles. The van der Waals surface area contributed by atoms with Crippen LogP contribution in [0.2, 0.25) is 0 Å². The summed E-state index contributed by atoms with van der Waals surface area (Å²) >= 11 is 1.44. The van der Waals surface area contributed by atoms with Crippen molar-refractivity contribution < 1.29 is 23.1 Å². The van der Waals surface area contributed by atoms with Gasteiger partial charge in [-0.15, -0.1) is 11.3 Å². The Morgan fingerprint density at radius 3 is 2.41 bits per heavy atom. The summed E-state index contributed by atoms with van der Waals surface area (Å²) < 4.78 is 31.6. The van der Waals surface area contributed by atoms with Crippen LogP contribution in [0.4, 0.5) is 14.5 Å². The Kier molecular flexibility index (Phi) is 4.87. The average Bonchev–Trinajstić information content (AvgIpc) is 2.79. The number of hydrogen-bond donors (Lipinski definition) is 1. The van der Waals surface area contributed by atoms with Crippen molar-refractivity contribution in [2.24, 2.45) is 0 Å². The maximum atomic E-state index is 13.4. The Balaban J connectivity index is 1.96. The van der Waals surface area contributed by atoms with E-state index in [9.17, 15) is 18.4 Å². The summed E-state index contributed by atoms with van der Waals surface area (Å²) in [6.07, 6.45) is 0. The first-order chi connectivity index (χ1) is 10.4. The number of thiophene rings is 1. The van der Waals surface area contributed by atoms with Crippen LogP contribution in [-0.2, 0) is 9.53 Å². The second-order valence-corrected chi connectivity index (χ2v) is 6.01. The lowest BCUT2D eigenvalue weighted by molar-refractivity contribution is -0.119. The fourth-order valence-electron chi connectivity index (χ4n) is 1.84. The number of hydrogen-bond acceptors (Lipinski definition) is 4. The first-order valence-electron chi connectivity index (χ1n) is 6.36. The smallest absolute Gasteiger partial charge is 0.339 e. The third-order valence-electron chi connectivity index (χ3n) is 2.82. The number of carbonyl (C=O) groups is 2. The Morgan fingerprint density at radius 2 is 1.86 bits per heavy atom. The molecular weight excluding hydrogens is 312 g/mol. The van der Waals surface area contributed by atoms with Crippen molar-refractivity contribution in [1.29, 1.82) is 0 Å². The number of anilines is 1. The fourth-order valence-corrected chi connectivity index (χ4v) is 2.75. The van der Waals surface area contributed by atoms with Gasteiger partial charge in [-0.2, -0.15) is 0 Å². The van der Waals surface area contributed by atoms with E-state index in [0.717, 1.165) is 21.9 Å². The Labute approximate surface area is 129 Å². The lowest BCUT2D eigenvalue weighted by Gasteiger charge is -2.08. The molecule has 1 N–H and O–H groups in total. The van der Waals surface area contributed by atoms with E-state index in [2.05, 4.69) is 0 Å². The molecule has 0 atom stereocenters. The number of ether oxygens (including phenoxy) is 1. The summed E-state index contributed by atoms with van der Waals surface area (Å²) in [5.41, 5.74) is -0.182. The lowest BCUT2D eigenvalue weighted by Crippen LogP contribution is -2.22. The first-order valence-corrected chi connectivity index (χ1v) is 7.18. The summed E-state index contributed by atoms with van der Waals surface area (Å²) in [7, 11) is 0. The van der Waals surface area contributed by atoms with E-state index in [4.69, 9.17) is 4.74 Å². The van der Waals surface area contributed by atoms with Crippen LogP contribution < -0.4 is 5.32 Å². The number of nitrogens with one attached hydrogen (secondary N) is 1. The molecule has 0 radical (unpaired) electrons. The predicted octanol–water partition coefficient (Wildman–Crippen LogP) is 3.44. The molecule has 1 amide bonds. The zero-order chi connectivity index (χ0) is 16.3. The Bertz CT molecular complexity index is 707. The van der Waals surface area contributed by atoms with Gasteiger partial charge in [0, 0.05) is 9.75 Å². The van der Waals surface area contributed by atoms with Crippen LogP contribution in [0.1, 0.15) is 20.1 Å². The molecule has 0 saturated heterocycles. The molecule has 2 aromatic rings. The molecule has 1 aromatic carbocycles. The molecule has 0 aliphatic carbocycles. The van der Waals surface area contributed by atoms with E-state index in [1.807, 2.05) is 12.2 Å². The number of rotatable bonds is 4. The van der Waals surface area contributed by atoms with Crippen LogP contribution in [0.5, 0.6) is 0 Å². The van der Waals surface area contributed by atoms with Gasteiger partial charge in [-0.05, 0) is 32.0 Å². The zero-order valence-corrected chi connectivity index (χ0v) is 12.7. The van der Waals surface area contributed by atoms with E-state index < -0.39 is 35.8 Å². The topological polar surface area (TPSA) is 55.4 Å². The summed E-state index contributed by atoms with van der Waals surface area (Å²) in [5.74, 6) is -3.26. The monoisotopic (exact) mass is 325 g/mol. The third-order valence-corrected chi connectivity index (χ3v) is 3.79. The molecule has 0 bridgehead atoms. The average molecular weight is 325 g/mol. The minimum Gasteiger partial charge on any atom is -0.452 e. The number of para-hydroxylation sites is 1. The molecule has 0 saturated carbocycles. The summed E-state index contributed by atoms with van der Waals surface area (Å²) in [4.78, 5) is 25.2. The maximum absolute atomic E-state index is 13.4. The molecule has 1 aromatic heterocycles. The third kappa shape index (κ3) is 3.67. The summed E-state index contributed by atoms with van der Waals surface area (Å²) in [6.45, 7) is 2.99. The fraction of sp³-hybridized carbons (Fsp3) is 0.200. The van der Waals surface area contributed by atoms with Crippen LogP contribution in [0.15, 0.2) is 24.3 Å². The number of amides is 1. The van der Waals surface area contributed by atoms with E-state index in [1.54, 1.807) is 13.0 Å². The van der Waals surface area contributed by atoms with Crippen molar-refractivity contribution in [2.75, 3.05) is 11.9 Å². The van der Waals surface area contributed by atoms with Gasteiger partial charge in [0.25, 0.3) is 5.91 Å². The predicted molar refractivity (Wildman–Crippen MR) is 79.1 cm³/mol. The highest BCUT2D eigenvalue weighted by atomic mass is 32.1. The standard InChI is InChI=1S/C15H13F2NO3S/c1-8-6-10(9(2)22-8)15(20)21-7-13(19)18-14-11(16)4-3-5-12(14)17/h3-6H,7H2,1-2H3,(H,18,19). The quantitative estimate of drug-likeness (QED) is 0.876. The van der Waals surface area contributed by atoms with Gasteiger partial charge in [0.15, 0.2) is 6.61 Å². The minimum absolute atomic E-state index is 0.382. The van der Waals surface area contributed by atoms with Crippen molar-refractivity contribution in [3.63, 3.8) is 0 Å². The molecule has 2 rings (SSSR count). The van der Waals surface area contributed by atoms with Crippen LogP contribution in [0.3, 0.4) is 0 Å². The normalized spacial score (nSPS) is 10.4. The van der Waals surface area contributed by atoms with Crippen molar-refractivity contribution in [3.05, 3.63) is 51.2 Å². The first kappa shape index (κ1) is 16.1. The van der Waals surface area contributed by atoms with Gasteiger partial charge in [0.2, 0.25) is 0 Å². The highest BCUT2D eigenvalue weighted by Gasteiger charge is 2.16. The van der Waals surface area contributed by atoms with E-state index in [1.165, 1.54) is 17.4 Å². The molecule has 7 heteroatoms. The number of carbonyl (C=O) groups excluding carboxylic acids is 2. The number of benzene rings is 1. The van der Waals surface area contributed by atoms with Gasteiger partial charge in [0.05, 0.1) is 5.56 Å². The second kappa shape index (κ2) is 6.65. The van der Waals surface area contributed by atoms with Crippen LogP contribution in [0.25, 0.3) is 0 Å². The molecule has 4 nitrogen and oxygen atoms in total. The Morgan fingerprint density at radius 1 is 1.23 bits per heavy atom. The minimum atomic E-state index is -0.899. The summed E-state index contributed by atoms with van der Waals surface area (Å²) in [5, 5.41) is 2.04. The molecule has 1 heterocycles. The van der Waals surface area contributed by atoms with Gasteiger partial charge >= 0.3 is 5.97 Å². The van der Waals surface area contributed by atoms with E-state index >= 15 is 0 Å². The second-order valence-electron chi connectivity index (χ2n) is 4.55. The largest absolute Gasteiger partial charge is 0.452 e. The molecular formula is C15H13F2NO3S. The Hall–Kier alpha value is -2.28. The molecule has 0 fully saturated rings. The molecule has 0 unspecified atom stereocenters. The highest BCUT2D eigenvalue weighted by Crippen LogP contribution is 2.21. The molecule has 0 aliphatic rings. The highest BCUT2D eigenvalue weighted by molar-refractivity contribution is 7.12. The lowest BCUT2D eigenvalue weighted by atomic mass is 10.2. The van der Waals surface area contributed by atoms with E-state index in [0.29, 0.717) is 5.56 Å². The van der Waals surface area contributed by atoms with Gasteiger partial charge in [-0.1, -0.05) is 6.07 Å². The molecule has 0 spiro atoms. The van der Waals surface area contributed by atoms with Crippen molar-refractivity contribution >= 4 is 28.9 Å². The van der Waals surface area contributed by atoms with Crippen molar-refractivity contribution in [2.45, 2.75) is 13.8 Å². The van der Waals surface area contributed by atoms with Gasteiger partial charge in [-0.3, -0.25) is 4.79 Å². The van der Waals surface area contributed by atoms with Crippen LogP contribution in [0, 0.1) is 25.5 Å². The van der Waals surface area contributed by atoms with Crippen LogP contribution in [-0.4, -0.2) is 18.5 Å². The maximum Gasteiger partial charge on any atom is 0.339 e. The zero-order valence-electron chi connectivity index (χ0n) is 11.9. The molecule has 22 heavy (non-hydrogen) atoms. The SMILES string of the molecule is Cc1cc(C(=O)OCC(=O)Nc2c(F)cccc2F)c(C)s1. The summed E-state index contributed by atoms with van der Waals surface area (Å²) in [6, 6.07) is 4.88.